The summed E-state index contributed by atoms with van der Waals surface area (Å²) in [7, 11) is -3.88. The molecular weight excluding hydrogens is 497 g/mol. The lowest BCUT2D eigenvalue weighted by Gasteiger charge is -2.19. The number of carbonyl (C=O) groups excluding carboxylic acids is 1. The second-order valence-corrected chi connectivity index (χ2v) is 10.7. The zero-order valence-electron chi connectivity index (χ0n) is 18.9. The lowest BCUT2D eigenvalue weighted by molar-refractivity contribution is -0.123. The van der Waals surface area contributed by atoms with Crippen molar-refractivity contribution in [3.8, 4) is 11.3 Å². The molecule has 34 heavy (non-hydrogen) atoms. The number of amides is 1. The fourth-order valence-corrected chi connectivity index (χ4v) is 4.75. The maximum atomic E-state index is 12.8. The minimum atomic E-state index is -3.88. The first-order chi connectivity index (χ1) is 16.1. The molecule has 2 N–H and O–H groups in total. The Kier molecular flexibility index (Phi) is 8.54. The lowest BCUT2D eigenvalue weighted by atomic mass is 10.0. The summed E-state index contributed by atoms with van der Waals surface area (Å²) in [5.74, 6) is 0.344. The summed E-state index contributed by atoms with van der Waals surface area (Å²) in [6.07, 6.45) is 1.62. The van der Waals surface area contributed by atoms with Crippen molar-refractivity contribution in [3.63, 3.8) is 0 Å². The predicted molar refractivity (Wildman–Crippen MR) is 135 cm³/mol. The van der Waals surface area contributed by atoms with Crippen molar-refractivity contribution in [2.45, 2.75) is 38.1 Å². The summed E-state index contributed by atoms with van der Waals surface area (Å²) in [6.45, 7) is 5.66. The smallest absolute Gasteiger partial charge is 0.258 e. The maximum Gasteiger partial charge on any atom is 0.258 e. The van der Waals surface area contributed by atoms with Gasteiger partial charge in [0.1, 0.15) is 17.6 Å². The van der Waals surface area contributed by atoms with Crippen LogP contribution >= 0.6 is 23.2 Å². The minimum absolute atomic E-state index is 0.0653. The first-order valence-corrected chi connectivity index (χ1v) is 12.8. The number of aryl methyl sites for hydroxylation is 1. The normalized spacial score (nSPS) is 12.9. The predicted octanol–water partition coefficient (Wildman–Crippen LogP) is 5.41. The number of benzene rings is 2. The quantitative estimate of drug-likeness (QED) is 0.290. The first-order valence-electron chi connectivity index (χ1n) is 10.5. The van der Waals surface area contributed by atoms with E-state index in [1.165, 1.54) is 18.3 Å². The van der Waals surface area contributed by atoms with Crippen molar-refractivity contribution in [2.75, 3.05) is 0 Å². The average Bonchev–Trinajstić information content (AvgIpc) is 3.23. The number of sulfonamides is 1. The van der Waals surface area contributed by atoms with Crippen LogP contribution in [0.2, 0.25) is 10.0 Å². The molecule has 0 unspecified atom stereocenters. The van der Waals surface area contributed by atoms with Crippen LogP contribution in [0.1, 0.15) is 31.6 Å². The summed E-state index contributed by atoms with van der Waals surface area (Å²) < 4.78 is 33.7. The monoisotopic (exact) mass is 521 g/mol. The Morgan fingerprint density at radius 2 is 1.79 bits per heavy atom. The van der Waals surface area contributed by atoms with Crippen LogP contribution in [-0.4, -0.2) is 26.6 Å². The van der Waals surface area contributed by atoms with E-state index in [9.17, 15) is 13.2 Å². The standard InChI is InChI=1S/C24H25Cl2N3O4S/c1-15(2)13-21(29-34(31,32)18-10-7-16(3)8-11-18)24(30)28-27-14-17-9-12-22(33-17)19-5-4-6-20(25)23(19)26/h4-12,14-15,21,29H,13H2,1-3H3,(H,28,30)/b27-14-/t21-/m0/s1. The second-order valence-electron chi connectivity index (χ2n) is 8.15. The van der Waals surface area contributed by atoms with E-state index in [0.717, 1.165) is 5.56 Å². The Morgan fingerprint density at radius 3 is 2.47 bits per heavy atom. The zero-order chi connectivity index (χ0) is 24.9. The van der Waals surface area contributed by atoms with E-state index in [4.69, 9.17) is 27.6 Å². The molecule has 0 bridgehead atoms. The fourth-order valence-electron chi connectivity index (χ4n) is 3.15. The van der Waals surface area contributed by atoms with E-state index >= 15 is 0 Å². The van der Waals surface area contributed by atoms with Crippen molar-refractivity contribution in [3.05, 3.63) is 76.0 Å². The van der Waals surface area contributed by atoms with Crippen molar-refractivity contribution < 1.29 is 17.6 Å². The largest absolute Gasteiger partial charge is 0.455 e. The van der Waals surface area contributed by atoms with Crippen molar-refractivity contribution in [2.24, 2.45) is 11.0 Å². The van der Waals surface area contributed by atoms with Gasteiger partial charge in [-0.3, -0.25) is 4.79 Å². The molecule has 0 saturated heterocycles. The highest BCUT2D eigenvalue weighted by Crippen LogP contribution is 2.34. The van der Waals surface area contributed by atoms with Gasteiger partial charge in [0.2, 0.25) is 10.0 Å². The van der Waals surface area contributed by atoms with Gasteiger partial charge < -0.3 is 4.42 Å². The summed E-state index contributed by atoms with van der Waals surface area (Å²) in [6, 6.07) is 14.0. The van der Waals surface area contributed by atoms with E-state index in [1.54, 1.807) is 42.5 Å². The van der Waals surface area contributed by atoms with E-state index < -0.39 is 22.0 Å². The number of hydrogen-bond donors (Lipinski definition) is 2. The van der Waals surface area contributed by atoms with Gasteiger partial charge >= 0.3 is 0 Å². The Morgan fingerprint density at radius 1 is 1.09 bits per heavy atom. The van der Waals surface area contributed by atoms with Crippen LogP contribution in [0.15, 0.2) is 69.0 Å². The highest BCUT2D eigenvalue weighted by Gasteiger charge is 2.26. The number of nitrogens with zero attached hydrogens (tertiary/aromatic N) is 1. The van der Waals surface area contributed by atoms with Crippen LogP contribution in [0.5, 0.6) is 0 Å². The van der Waals surface area contributed by atoms with Crippen LogP contribution in [0.4, 0.5) is 0 Å². The molecule has 0 fully saturated rings. The molecule has 0 radical (unpaired) electrons. The van der Waals surface area contributed by atoms with Gasteiger partial charge in [-0.2, -0.15) is 9.82 Å². The van der Waals surface area contributed by atoms with Crippen molar-refractivity contribution >= 4 is 45.3 Å². The van der Waals surface area contributed by atoms with Gasteiger partial charge in [0.25, 0.3) is 5.91 Å². The molecule has 3 aromatic rings. The SMILES string of the molecule is Cc1ccc(S(=O)(=O)N[C@@H](CC(C)C)C(=O)N/N=C\c2ccc(-c3cccc(Cl)c3Cl)o2)cc1. The number of rotatable bonds is 9. The molecule has 0 spiro atoms. The summed E-state index contributed by atoms with van der Waals surface area (Å²) in [5.41, 5.74) is 3.94. The molecule has 1 heterocycles. The lowest BCUT2D eigenvalue weighted by Crippen LogP contribution is -2.46. The van der Waals surface area contributed by atoms with E-state index in [2.05, 4.69) is 15.2 Å². The van der Waals surface area contributed by atoms with Gasteiger partial charge in [-0.1, -0.05) is 60.8 Å². The van der Waals surface area contributed by atoms with Gasteiger partial charge in [0.05, 0.1) is 21.2 Å². The molecule has 3 rings (SSSR count). The summed E-state index contributed by atoms with van der Waals surface area (Å²) >= 11 is 12.3. The second kappa shape index (κ2) is 11.2. The van der Waals surface area contributed by atoms with E-state index in [-0.39, 0.29) is 10.8 Å². The number of carbonyl (C=O) groups is 1. The van der Waals surface area contributed by atoms with Gasteiger partial charge in [0.15, 0.2) is 0 Å². The zero-order valence-corrected chi connectivity index (χ0v) is 21.2. The molecule has 0 saturated carbocycles. The first kappa shape index (κ1) is 26.0. The molecule has 0 aliphatic heterocycles. The van der Waals surface area contributed by atoms with Crippen LogP contribution in [-0.2, 0) is 14.8 Å². The third kappa shape index (κ3) is 6.70. The minimum Gasteiger partial charge on any atom is -0.455 e. The highest BCUT2D eigenvalue weighted by atomic mass is 35.5. The van der Waals surface area contributed by atoms with Crippen molar-refractivity contribution in [1.82, 2.24) is 10.1 Å². The molecule has 0 aliphatic rings. The fraction of sp³-hybridized carbons (Fsp3) is 0.250. The van der Waals surface area contributed by atoms with Gasteiger partial charge in [-0.25, -0.2) is 13.8 Å². The molecule has 10 heteroatoms. The summed E-state index contributed by atoms with van der Waals surface area (Å²) in [4.78, 5) is 12.8. The third-order valence-electron chi connectivity index (χ3n) is 4.86. The summed E-state index contributed by atoms with van der Waals surface area (Å²) in [5, 5.41) is 4.69. The molecule has 0 aliphatic carbocycles. The Bertz CT molecular complexity index is 1290. The Hall–Kier alpha value is -2.65. The van der Waals surface area contributed by atoms with Crippen LogP contribution in [0.25, 0.3) is 11.3 Å². The molecule has 1 amide bonds. The van der Waals surface area contributed by atoms with Gasteiger partial charge in [-0.15, -0.1) is 0 Å². The average molecular weight is 522 g/mol. The number of nitrogens with one attached hydrogen (secondary N) is 2. The number of halogens is 2. The molecule has 1 atom stereocenters. The molecule has 2 aromatic carbocycles. The molecule has 180 valence electrons. The molecule has 1 aromatic heterocycles. The van der Waals surface area contributed by atoms with Gasteiger partial charge in [-0.05, 0) is 55.7 Å². The maximum absolute atomic E-state index is 12.8. The highest BCUT2D eigenvalue weighted by molar-refractivity contribution is 7.89. The van der Waals surface area contributed by atoms with E-state index in [0.29, 0.717) is 33.6 Å². The van der Waals surface area contributed by atoms with Crippen LogP contribution < -0.4 is 10.1 Å². The van der Waals surface area contributed by atoms with E-state index in [1.807, 2.05) is 20.8 Å². The molecule has 7 nitrogen and oxygen atoms in total. The van der Waals surface area contributed by atoms with Crippen LogP contribution in [0, 0.1) is 12.8 Å². The van der Waals surface area contributed by atoms with Crippen molar-refractivity contribution in [1.29, 1.82) is 0 Å². The number of hydrazone groups is 1. The Labute approximate surface area is 209 Å². The molecular formula is C24H25Cl2N3O4S. The number of furan rings is 1. The third-order valence-corrected chi connectivity index (χ3v) is 7.17. The van der Waals surface area contributed by atoms with Gasteiger partial charge in [0, 0.05) is 5.56 Å². The Balaban J connectivity index is 1.70. The van der Waals surface area contributed by atoms with Crippen LogP contribution in [0.3, 0.4) is 0 Å². The number of hydrogen-bond acceptors (Lipinski definition) is 5. The topological polar surface area (TPSA) is 101 Å².